The molecule has 0 radical (unpaired) electrons. The zero-order valence-electron chi connectivity index (χ0n) is 18.9. The number of aryl methyl sites for hydroxylation is 1. The van der Waals surface area contributed by atoms with Crippen LogP contribution in [0, 0.1) is 0 Å². The molecule has 0 atom stereocenters. The lowest BCUT2D eigenvalue weighted by atomic mass is 10.0. The Kier molecular flexibility index (Phi) is 5.92. The largest absolute Gasteiger partial charge is 0.508 e. The van der Waals surface area contributed by atoms with Crippen LogP contribution in [0.5, 0.6) is 5.75 Å². The van der Waals surface area contributed by atoms with Crippen LogP contribution >= 0.6 is 0 Å². The Bertz CT molecular complexity index is 1290. The molecule has 3 aromatic carbocycles. The number of para-hydroxylation sites is 1. The molecule has 1 amide bonds. The summed E-state index contributed by atoms with van der Waals surface area (Å²) < 4.78 is 2.31. The van der Waals surface area contributed by atoms with Gasteiger partial charge in [-0.05, 0) is 56.2 Å². The molecule has 6 nitrogen and oxygen atoms in total. The number of piperidine rings is 1. The van der Waals surface area contributed by atoms with Crippen LogP contribution in [0.25, 0.3) is 21.8 Å². The van der Waals surface area contributed by atoms with E-state index in [0.717, 1.165) is 43.9 Å². The molecule has 1 fully saturated rings. The molecule has 3 N–H and O–H groups in total. The third-order valence-electron chi connectivity index (χ3n) is 6.54. The summed E-state index contributed by atoms with van der Waals surface area (Å²) in [6.07, 6.45) is 1.93. The second-order valence-electron chi connectivity index (χ2n) is 8.79. The van der Waals surface area contributed by atoms with Crippen LogP contribution in [0.15, 0.2) is 66.7 Å². The molecule has 1 aliphatic rings. The highest BCUT2D eigenvalue weighted by Crippen LogP contribution is 2.31. The Hall–Kier alpha value is -3.51. The van der Waals surface area contributed by atoms with E-state index in [1.807, 2.05) is 18.2 Å². The monoisotopic (exact) mass is 442 g/mol. The van der Waals surface area contributed by atoms with Crippen LogP contribution in [0.2, 0.25) is 0 Å². The maximum atomic E-state index is 12.8. The Balaban J connectivity index is 1.20. The third kappa shape index (κ3) is 4.52. The minimum absolute atomic E-state index is 0.0213. The van der Waals surface area contributed by atoms with Crippen LogP contribution in [0.1, 0.15) is 19.8 Å². The lowest BCUT2D eigenvalue weighted by Gasteiger charge is -2.32. The zero-order valence-corrected chi connectivity index (χ0v) is 18.9. The van der Waals surface area contributed by atoms with E-state index >= 15 is 0 Å². The number of aromatic hydroxyl groups is 1. The Labute approximate surface area is 193 Å². The van der Waals surface area contributed by atoms with Gasteiger partial charge in [-0.15, -0.1) is 0 Å². The number of rotatable bonds is 6. The van der Waals surface area contributed by atoms with E-state index in [0.29, 0.717) is 12.6 Å². The summed E-state index contributed by atoms with van der Waals surface area (Å²) in [6.45, 7) is 5.20. The average Bonchev–Trinajstić information content (AvgIpc) is 3.13. The molecule has 33 heavy (non-hydrogen) atoms. The van der Waals surface area contributed by atoms with Gasteiger partial charge in [-0.2, -0.15) is 0 Å². The summed E-state index contributed by atoms with van der Waals surface area (Å²) in [7, 11) is 0. The highest BCUT2D eigenvalue weighted by Gasteiger charge is 2.21. The quantitative estimate of drug-likeness (QED) is 0.392. The van der Waals surface area contributed by atoms with Crippen molar-refractivity contribution in [2.75, 3.05) is 30.3 Å². The molecule has 0 unspecified atom stereocenters. The van der Waals surface area contributed by atoms with Gasteiger partial charge in [0.2, 0.25) is 5.91 Å². The van der Waals surface area contributed by atoms with Gasteiger partial charge in [0.15, 0.2) is 0 Å². The van der Waals surface area contributed by atoms with Crippen molar-refractivity contribution in [3.8, 4) is 5.75 Å². The van der Waals surface area contributed by atoms with E-state index in [-0.39, 0.29) is 11.7 Å². The van der Waals surface area contributed by atoms with Crippen molar-refractivity contribution in [1.29, 1.82) is 0 Å². The number of amides is 1. The normalized spacial score (nSPS) is 15.2. The minimum Gasteiger partial charge on any atom is -0.508 e. The molecule has 0 bridgehead atoms. The molecule has 2 heterocycles. The van der Waals surface area contributed by atoms with Gasteiger partial charge in [0, 0.05) is 64.9 Å². The lowest BCUT2D eigenvalue weighted by molar-refractivity contribution is -0.117. The maximum Gasteiger partial charge on any atom is 0.238 e. The summed E-state index contributed by atoms with van der Waals surface area (Å²) >= 11 is 0. The Morgan fingerprint density at radius 3 is 2.52 bits per heavy atom. The number of hydrogen-bond donors (Lipinski definition) is 3. The van der Waals surface area contributed by atoms with Gasteiger partial charge >= 0.3 is 0 Å². The summed E-state index contributed by atoms with van der Waals surface area (Å²) in [4.78, 5) is 15.0. The second-order valence-corrected chi connectivity index (χ2v) is 8.79. The van der Waals surface area contributed by atoms with Gasteiger partial charge in [0.25, 0.3) is 0 Å². The number of benzene rings is 3. The SMILES string of the molecule is CCn1c2ccccc2c2cc(NC(=O)CN3CCC(Nc4cccc(O)c4)CC3)ccc21. The van der Waals surface area contributed by atoms with Crippen molar-refractivity contribution in [3.05, 3.63) is 66.7 Å². The van der Waals surface area contributed by atoms with Crippen LogP contribution in [-0.2, 0) is 11.3 Å². The molecule has 0 saturated carbocycles. The maximum absolute atomic E-state index is 12.8. The predicted molar refractivity (Wildman–Crippen MR) is 135 cm³/mol. The van der Waals surface area contributed by atoms with Crippen molar-refractivity contribution < 1.29 is 9.90 Å². The number of aromatic nitrogens is 1. The fourth-order valence-electron chi connectivity index (χ4n) is 4.94. The fourth-order valence-corrected chi connectivity index (χ4v) is 4.94. The number of phenols is 1. The van der Waals surface area contributed by atoms with E-state index < -0.39 is 0 Å². The van der Waals surface area contributed by atoms with Gasteiger partial charge in [-0.1, -0.05) is 24.3 Å². The first-order chi connectivity index (χ1) is 16.1. The van der Waals surface area contributed by atoms with E-state index in [1.54, 1.807) is 12.1 Å². The number of phenolic OH excluding ortho intramolecular Hbond substituents is 1. The van der Waals surface area contributed by atoms with Crippen molar-refractivity contribution >= 4 is 39.1 Å². The van der Waals surface area contributed by atoms with Crippen molar-refractivity contribution in [2.24, 2.45) is 0 Å². The molecule has 1 aromatic heterocycles. The third-order valence-corrected chi connectivity index (χ3v) is 6.54. The number of carbonyl (C=O) groups excluding carboxylic acids is 1. The number of anilines is 2. The average molecular weight is 443 g/mol. The molecular formula is C27H30N4O2. The Morgan fingerprint density at radius 1 is 0.939 bits per heavy atom. The van der Waals surface area contributed by atoms with Crippen LogP contribution in [-0.4, -0.2) is 46.2 Å². The molecule has 0 spiro atoms. The molecule has 4 aromatic rings. The number of nitrogens with one attached hydrogen (secondary N) is 2. The Morgan fingerprint density at radius 2 is 1.73 bits per heavy atom. The predicted octanol–water partition coefficient (Wildman–Crippen LogP) is 5.04. The van der Waals surface area contributed by atoms with Gasteiger partial charge in [0.05, 0.1) is 6.54 Å². The summed E-state index contributed by atoms with van der Waals surface area (Å²) in [6, 6.07) is 22.2. The number of hydrogen-bond acceptors (Lipinski definition) is 4. The summed E-state index contributed by atoms with van der Waals surface area (Å²) in [5.74, 6) is 0.291. The van der Waals surface area contributed by atoms with Gasteiger partial charge in [-0.25, -0.2) is 0 Å². The fraction of sp³-hybridized carbons (Fsp3) is 0.296. The first-order valence-corrected chi connectivity index (χ1v) is 11.7. The number of likely N-dealkylation sites (tertiary alicyclic amines) is 1. The van der Waals surface area contributed by atoms with E-state index in [4.69, 9.17) is 0 Å². The van der Waals surface area contributed by atoms with Crippen molar-refractivity contribution in [2.45, 2.75) is 32.4 Å². The molecule has 5 rings (SSSR count). The smallest absolute Gasteiger partial charge is 0.238 e. The van der Waals surface area contributed by atoms with Gasteiger partial charge in [0.1, 0.15) is 5.75 Å². The molecular weight excluding hydrogens is 412 g/mol. The van der Waals surface area contributed by atoms with Crippen LogP contribution in [0.4, 0.5) is 11.4 Å². The standard InChI is InChI=1S/C27H30N4O2/c1-2-31-25-9-4-3-8-23(25)24-17-21(10-11-26(24)31)29-27(33)18-30-14-12-19(13-15-30)28-20-6-5-7-22(32)16-20/h3-11,16-17,19,28,32H,2,12-15,18H2,1H3,(H,29,33). The molecule has 1 aliphatic heterocycles. The minimum atomic E-state index is 0.0213. The topological polar surface area (TPSA) is 69.5 Å². The summed E-state index contributed by atoms with van der Waals surface area (Å²) in [5.41, 5.74) is 4.19. The number of fused-ring (bicyclic) bond motifs is 3. The molecule has 0 aliphatic carbocycles. The van der Waals surface area contributed by atoms with E-state index in [1.165, 1.54) is 21.8 Å². The molecule has 6 heteroatoms. The lowest BCUT2D eigenvalue weighted by Crippen LogP contribution is -2.42. The van der Waals surface area contributed by atoms with Crippen LogP contribution < -0.4 is 10.6 Å². The first kappa shape index (κ1) is 21.3. The number of carbonyl (C=O) groups is 1. The van der Waals surface area contributed by atoms with Gasteiger partial charge < -0.3 is 20.3 Å². The zero-order chi connectivity index (χ0) is 22.8. The van der Waals surface area contributed by atoms with Crippen molar-refractivity contribution in [3.63, 3.8) is 0 Å². The first-order valence-electron chi connectivity index (χ1n) is 11.7. The highest BCUT2D eigenvalue weighted by molar-refractivity contribution is 6.09. The van der Waals surface area contributed by atoms with Gasteiger partial charge in [-0.3, -0.25) is 9.69 Å². The second kappa shape index (κ2) is 9.16. The molecule has 1 saturated heterocycles. The van der Waals surface area contributed by atoms with E-state index in [2.05, 4.69) is 63.4 Å². The molecule has 170 valence electrons. The van der Waals surface area contributed by atoms with E-state index in [9.17, 15) is 9.90 Å². The number of nitrogens with zero attached hydrogens (tertiary/aromatic N) is 2. The highest BCUT2D eigenvalue weighted by atomic mass is 16.3. The van der Waals surface area contributed by atoms with Crippen LogP contribution in [0.3, 0.4) is 0 Å². The van der Waals surface area contributed by atoms with Crippen molar-refractivity contribution in [1.82, 2.24) is 9.47 Å². The summed E-state index contributed by atoms with van der Waals surface area (Å²) in [5, 5.41) is 18.6.